The fourth-order valence-corrected chi connectivity index (χ4v) is 7.53. The summed E-state index contributed by atoms with van der Waals surface area (Å²) >= 11 is 0. The second-order valence-corrected chi connectivity index (χ2v) is 18.8. The third-order valence-corrected chi connectivity index (χ3v) is 7.20. The van der Waals surface area contributed by atoms with Gasteiger partial charge in [0.15, 0.2) is 16.6 Å². The lowest BCUT2D eigenvalue weighted by Crippen LogP contribution is -2.44. The highest BCUT2D eigenvalue weighted by molar-refractivity contribution is 6.70. The van der Waals surface area contributed by atoms with Gasteiger partial charge in [-0.3, -0.25) is 0 Å². The number of hydrogen-bond acceptors (Lipinski definition) is 2. The maximum Gasteiger partial charge on any atom is 0.184 e. The summed E-state index contributed by atoms with van der Waals surface area (Å²) in [5.74, 6) is 0. The third-order valence-electron chi connectivity index (χ3n) is 5.19. The van der Waals surface area contributed by atoms with Crippen molar-refractivity contribution in [2.75, 3.05) is 0 Å². The largest absolute Gasteiger partial charge is 0.409 e. The molecule has 2 unspecified atom stereocenters. The van der Waals surface area contributed by atoms with Crippen LogP contribution in [0.2, 0.25) is 39.3 Å². The summed E-state index contributed by atoms with van der Waals surface area (Å²) in [7, 11) is -3.11. The lowest BCUT2D eigenvalue weighted by Gasteiger charge is -2.36. The molecule has 0 aromatic rings. The Morgan fingerprint density at radius 3 is 1.13 bits per heavy atom. The highest BCUT2D eigenvalue weighted by Crippen LogP contribution is 2.61. The predicted octanol–water partition coefficient (Wildman–Crippen LogP) is 6.49. The van der Waals surface area contributed by atoms with Gasteiger partial charge in [0.25, 0.3) is 0 Å². The molecule has 0 radical (unpaired) electrons. The Morgan fingerprint density at radius 1 is 0.522 bits per heavy atom. The van der Waals surface area contributed by atoms with Crippen LogP contribution in [-0.2, 0) is 8.85 Å². The molecule has 23 heavy (non-hydrogen) atoms. The fraction of sp³-hybridized carbons (Fsp3) is 1.00. The predicted molar refractivity (Wildman–Crippen MR) is 105 cm³/mol. The second-order valence-electron chi connectivity index (χ2n) is 9.92. The molecule has 2 aliphatic carbocycles. The van der Waals surface area contributed by atoms with E-state index in [0.717, 1.165) is 6.42 Å². The van der Waals surface area contributed by atoms with E-state index in [4.69, 9.17) is 8.85 Å². The molecule has 2 aliphatic rings. The molecule has 2 nitrogen and oxygen atoms in total. The van der Waals surface area contributed by atoms with Crippen LogP contribution in [0.3, 0.4) is 0 Å². The van der Waals surface area contributed by atoms with Crippen molar-refractivity contribution in [1.82, 2.24) is 0 Å². The number of rotatable bonds is 4. The van der Waals surface area contributed by atoms with Crippen molar-refractivity contribution in [3.63, 3.8) is 0 Å². The summed E-state index contributed by atoms with van der Waals surface area (Å²) in [4.78, 5) is 0. The van der Waals surface area contributed by atoms with Gasteiger partial charge in [-0.2, -0.15) is 0 Å². The van der Waals surface area contributed by atoms with Crippen LogP contribution in [0.5, 0.6) is 0 Å². The summed E-state index contributed by atoms with van der Waals surface area (Å²) in [6.07, 6.45) is 14.7. The van der Waals surface area contributed by atoms with Crippen LogP contribution >= 0.6 is 0 Å². The van der Waals surface area contributed by atoms with Crippen LogP contribution in [0.1, 0.15) is 70.6 Å². The molecule has 2 fully saturated rings. The summed E-state index contributed by atoms with van der Waals surface area (Å²) in [5, 5.41) is 0. The molecule has 2 rings (SSSR count). The smallest absolute Gasteiger partial charge is 0.184 e. The topological polar surface area (TPSA) is 18.5 Å². The van der Waals surface area contributed by atoms with Gasteiger partial charge < -0.3 is 8.85 Å². The molecule has 0 aromatic carbocycles. The molecule has 136 valence electrons. The third kappa shape index (κ3) is 5.69. The maximum absolute atomic E-state index is 6.83. The average Bonchev–Trinajstić information content (AvgIpc) is 2.91. The molecule has 0 aromatic heterocycles. The molecule has 4 heteroatoms. The monoisotopic (exact) mass is 356 g/mol. The van der Waals surface area contributed by atoms with Crippen LogP contribution in [0.15, 0.2) is 0 Å². The van der Waals surface area contributed by atoms with E-state index in [0.29, 0.717) is 0 Å². The van der Waals surface area contributed by atoms with E-state index < -0.39 is 16.6 Å². The van der Waals surface area contributed by atoms with Crippen molar-refractivity contribution in [2.24, 2.45) is 0 Å². The zero-order chi connectivity index (χ0) is 17.2. The van der Waals surface area contributed by atoms with Crippen LogP contribution < -0.4 is 0 Å². The first-order valence-corrected chi connectivity index (χ1v) is 16.8. The lowest BCUT2D eigenvalue weighted by atomic mass is 9.98. The summed E-state index contributed by atoms with van der Waals surface area (Å²) < 4.78 is 13.7. The van der Waals surface area contributed by atoms with Gasteiger partial charge in [0.2, 0.25) is 0 Å². The van der Waals surface area contributed by atoms with Crippen LogP contribution in [0.25, 0.3) is 0 Å². The molecule has 0 saturated heterocycles. The highest BCUT2D eigenvalue weighted by atomic mass is 28.4. The molecular formula is C19H40O2Si2. The van der Waals surface area contributed by atoms with Crippen LogP contribution in [0, 0.1) is 0 Å². The Labute approximate surface area is 147 Å². The van der Waals surface area contributed by atoms with Gasteiger partial charge in [0.1, 0.15) is 0 Å². The van der Waals surface area contributed by atoms with E-state index >= 15 is 0 Å². The molecule has 2 saturated carbocycles. The maximum atomic E-state index is 6.83. The molecule has 2 atom stereocenters. The van der Waals surface area contributed by atoms with Gasteiger partial charge in [-0.15, -0.1) is 0 Å². The fourth-order valence-electron chi connectivity index (χ4n) is 4.46. The summed E-state index contributed by atoms with van der Waals surface area (Å²) in [6.45, 7) is 14.1. The Kier molecular flexibility index (Phi) is 6.25. The van der Waals surface area contributed by atoms with Crippen molar-refractivity contribution in [2.45, 2.75) is 121 Å². The minimum absolute atomic E-state index is 0.0525. The molecule has 0 N–H and O–H groups in total. The number of hydrogen-bond donors (Lipinski definition) is 0. The Bertz CT molecular complexity index is 350. The summed E-state index contributed by atoms with van der Waals surface area (Å²) in [6, 6.07) is 0. The Hall–Kier alpha value is 0.354. The van der Waals surface area contributed by atoms with Gasteiger partial charge in [0, 0.05) is 6.42 Å². The average molecular weight is 357 g/mol. The van der Waals surface area contributed by atoms with Crippen molar-refractivity contribution in [3.8, 4) is 0 Å². The van der Waals surface area contributed by atoms with Gasteiger partial charge >= 0.3 is 0 Å². The highest BCUT2D eigenvalue weighted by Gasteiger charge is 2.70. The van der Waals surface area contributed by atoms with Gasteiger partial charge in [0.05, 0.1) is 11.2 Å². The van der Waals surface area contributed by atoms with Crippen molar-refractivity contribution in [3.05, 3.63) is 0 Å². The summed E-state index contributed by atoms with van der Waals surface area (Å²) in [5.41, 5.74) is 0.105. The van der Waals surface area contributed by atoms with Gasteiger partial charge in [-0.1, -0.05) is 51.4 Å². The van der Waals surface area contributed by atoms with E-state index in [1.165, 1.54) is 64.2 Å². The second kappa shape index (κ2) is 7.31. The molecule has 0 heterocycles. The van der Waals surface area contributed by atoms with Crippen molar-refractivity contribution in [1.29, 1.82) is 0 Å². The normalized spacial score (nSPS) is 34.2. The number of fused-ring (bicyclic) bond motifs is 1. The Balaban J connectivity index is 2.16. The van der Waals surface area contributed by atoms with Crippen LogP contribution in [-0.4, -0.2) is 27.8 Å². The first-order chi connectivity index (χ1) is 10.6. The van der Waals surface area contributed by atoms with E-state index in [2.05, 4.69) is 39.3 Å². The van der Waals surface area contributed by atoms with E-state index in [1.807, 2.05) is 0 Å². The van der Waals surface area contributed by atoms with E-state index in [-0.39, 0.29) is 11.2 Å². The van der Waals surface area contributed by atoms with E-state index in [1.54, 1.807) is 0 Å². The molecule has 0 spiro atoms. The van der Waals surface area contributed by atoms with Crippen molar-refractivity contribution >= 4 is 16.6 Å². The zero-order valence-corrected chi connectivity index (χ0v) is 18.6. The molecule has 0 amide bonds. The Morgan fingerprint density at radius 2 is 0.826 bits per heavy atom. The molecular weight excluding hydrogens is 316 g/mol. The van der Waals surface area contributed by atoms with E-state index in [9.17, 15) is 0 Å². The molecule has 0 aliphatic heterocycles. The molecule has 0 bridgehead atoms. The lowest BCUT2D eigenvalue weighted by molar-refractivity contribution is 0.0298. The quantitative estimate of drug-likeness (QED) is 0.536. The first-order valence-electron chi connectivity index (χ1n) is 9.98. The van der Waals surface area contributed by atoms with Gasteiger partial charge in [-0.05, 0) is 52.1 Å². The standard InChI is InChI=1S/C19H40O2Si2/c1-22(2,3)20-18-15-13-11-9-7-8-10-12-14-16-19(18,17-18)21-23(4,5)6/h7-17H2,1-6H3. The van der Waals surface area contributed by atoms with Gasteiger partial charge in [-0.25, -0.2) is 0 Å². The van der Waals surface area contributed by atoms with Crippen LogP contribution in [0.4, 0.5) is 0 Å². The first kappa shape index (κ1) is 19.7. The van der Waals surface area contributed by atoms with Crippen molar-refractivity contribution < 1.29 is 8.85 Å². The minimum Gasteiger partial charge on any atom is -0.409 e. The zero-order valence-electron chi connectivity index (χ0n) is 16.6. The minimum atomic E-state index is -1.55. The SMILES string of the molecule is C[Si](C)(C)OC12CCCCCCCCCCC1(O[Si](C)(C)C)C2.